The maximum atomic E-state index is 13.4. The monoisotopic (exact) mass is 500 g/mol. The molecule has 1 N–H and O–H groups in total. The molecule has 0 aromatic heterocycles. The van der Waals surface area contributed by atoms with Gasteiger partial charge in [-0.3, -0.25) is 9.10 Å². The minimum atomic E-state index is -4.15. The average Bonchev–Trinajstić information content (AvgIpc) is 2.83. The summed E-state index contributed by atoms with van der Waals surface area (Å²) in [4.78, 5) is 12.7. The summed E-state index contributed by atoms with van der Waals surface area (Å²) in [5, 5.41) is 2.77. The third-order valence-corrected chi connectivity index (χ3v) is 6.84. The summed E-state index contributed by atoms with van der Waals surface area (Å²) in [5.74, 6) is 0.176. The van der Waals surface area contributed by atoms with Gasteiger partial charge in [0.15, 0.2) is 0 Å². The molecule has 1 amide bonds. The quantitative estimate of drug-likeness (QED) is 0.424. The number of nitrogens with zero attached hydrogens (tertiary/aromatic N) is 1. The number of carbonyl (C=O) groups is 1. The molecule has 186 valence electrons. The molecular weight excluding hydrogens is 471 g/mol. The van der Waals surface area contributed by atoms with E-state index in [9.17, 15) is 17.6 Å². The fraction of sp³-hybridized carbons (Fsp3) is 0.269. The normalized spacial score (nSPS) is 12.0. The van der Waals surface area contributed by atoms with E-state index in [-0.39, 0.29) is 23.2 Å². The van der Waals surface area contributed by atoms with Crippen molar-refractivity contribution in [1.29, 1.82) is 0 Å². The first-order valence-electron chi connectivity index (χ1n) is 11.2. The Labute approximate surface area is 205 Å². The molecule has 0 radical (unpaired) electrons. The molecule has 3 rings (SSSR count). The predicted octanol–water partition coefficient (Wildman–Crippen LogP) is 4.31. The first-order valence-corrected chi connectivity index (χ1v) is 12.6. The first kappa shape index (κ1) is 26.0. The highest BCUT2D eigenvalue weighted by Gasteiger charge is 2.28. The van der Waals surface area contributed by atoms with E-state index in [1.165, 1.54) is 12.1 Å². The highest BCUT2D eigenvalue weighted by Crippen LogP contribution is 2.26. The van der Waals surface area contributed by atoms with Crippen molar-refractivity contribution < 1.29 is 27.1 Å². The van der Waals surface area contributed by atoms with Crippen LogP contribution in [0.2, 0.25) is 0 Å². The number of nitrogens with one attached hydrogen (secondary N) is 1. The lowest BCUT2D eigenvalue weighted by Crippen LogP contribution is -2.45. The van der Waals surface area contributed by atoms with Crippen molar-refractivity contribution in [2.45, 2.75) is 31.7 Å². The fourth-order valence-corrected chi connectivity index (χ4v) is 4.69. The van der Waals surface area contributed by atoms with Crippen molar-refractivity contribution in [2.24, 2.45) is 0 Å². The topological polar surface area (TPSA) is 84.9 Å². The van der Waals surface area contributed by atoms with Crippen LogP contribution in [-0.4, -0.2) is 40.1 Å². The Balaban J connectivity index is 1.76. The Bertz CT molecular complexity index is 1210. The van der Waals surface area contributed by atoms with Gasteiger partial charge in [0.2, 0.25) is 5.91 Å². The second kappa shape index (κ2) is 11.7. The van der Waals surface area contributed by atoms with Gasteiger partial charge in [-0.05, 0) is 81.4 Å². The molecule has 0 aliphatic carbocycles. The van der Waals surface area contributed by atoms with Crippen LogP contribution in [0.15, 0.2) is 77.7 Å². The van der Waals surface area contributed by atoms with Gasteiger partial charge >= 0.3 is 0 Å². The van der Waals surface area contributed by atoms with Crippen molar-refractivity contribution in [3.63, 3.8) is 0 Å². The molecule has 9 heteroatoms. The Morgan fingerprint density at radius 1 is 0.943 bits per heavy atom. The molecule has 0 saturated carbocycles. The number of rotatable bonds is 11. The van der Waals surface area contributed by atoms with Gasteiger partial charge in [-0.1, -0.05) is 17.7 Å². The highest BCUT2D eigenvalue weighted by atomic mass is 32.2. The highest BCUT2D eigenvalue weighted by molar-refractivity contribution is 7.92. The molecule has 0 heterocycles. The van der Waals surface area contributed by atoms with Crippen LogP contribution < -0.4 is 19.1 Å². The second-order valence-electron chi connectivity index (χ2n) is 7.99. The number of carbonyl (C=O) groups excluding carboxylic acids is 1. The van der Waals surface area contributed by atoms with Gasteiger partial charge in [0.1, 0.15) is 30.5 Å². The summed E-state index contributed by atoms with van der Waals surface area (Å²) in [7, 11) is -4.15. The number of hydrogen-bond donors (Lipinski definition) is 1. The van der Waals surface area contributed by atoms with Gasteiger partial charge in [0.25, 0.3) is 10.0 Å². The molecule has 3 aromatic carbocycles. The second-order valence-corrected chi connectivity index (χ2v) is 9.85. The van der Waals surface area contributed by atoms with Crippen LogP contribution in [-0.2, 0) is 14.8 Å². The zero-order valence-electron chi connectivity index (χ0n) is 19.9. The number of benzene rings is 3. The summed E-state index contributed by atoms with van der Waals surface area (Å²) in [6.45, 7) is 5.78. The number of sulfonamides is 1. The van der Waals surface area contributed by atoms with E-state index in [1.807, 2.05) is 38.1 Å². The summed E-state index contributed by atoms with van der Waals surface area (Å²) in [5.41, 5.74) is 1.38. The van der Waals surface area contributed by atoms with Crippen LogP contribution in [0.4, 0.5) is 10.1 Å². The third-order valence-electron chi connectivity index (χ3n) is 5.05. The minimum Gasteiger partial charge on any atom is -0.494 e. The lowest BCUT2D eigenvalue weighted by Gasteiger charge is -2.25. The van der Waals surface area contributed by atoms with E-state index < -0.39 is 28.3 Å². The zero-order valence-corrected chi connectivity index (χ0v) is 20.7. The Morgan fingerprint density at radius 3 is 2.11 bits per heavy atom. The van der Waals surface area contributed by atoms with E-state index in [2.05, 4.69) is 5.32 Å². The Hall–Kier alpha value is -3.59. The van der Waals surface area contributed by atoms with Crippen molar-refractivity contribution in [2.75, 3.05) is 24.1 Å². The number of ether oxygens (including phenoxy) is 2. The summed E-state index contributed by atoms with van der Waals surface area (Å²) < 4.78 is 52.3. The largest absolute Gasteiger partial charge is 0.494 e. The smallest absolute Gasteiger partial charge is 0.264 e. The van der Waals surface area contributed by atoms with Gasteiger partial charge in [0.05, 0.1) is 23.2 Å². The van der Waals surface area contributed by atoms with E-state index in [0.29, 0.717) is 18.1 Å². The summed E-state index contributed by atoms with van der Waals surface area (Å²) in [6, 6.07) is 18.0. The Kier molecular flexibility index (Phi) is 8.70. The fourth-order valence-electron chi connectivity index (χ4n) is 3.27. The predicted molar refractivity (Wildman–Crippen MR) is 133 cm³/mol. The van der Waals surface area contributed by atoms with Gasteiger partial charge in [-0.2, -0.15) is 0 Å². The van der Waals surface area contributed by atoms with Crippen LogP contribution in [0.3, 0.4) is 0 Å². The van der Waals surface area contributed by atoms with Crippen molar-refractivity contribution in [3.8, 4) is 11.5 Å². The molecule has 1 atom stereocenters. The van der Waals surface area contributed by atoms with Crippen molar-refractivity contribution in [1.82, 2.24) is 5.32 Å². The van der Waals surface area contributed by atoms with Crippen molar-refractivity contribution in [3.05, 3.63) is 84.2 Å². The maximum Gasteiger partial charge on any atom is 0.264 e. The van der Waals surface area contributed by atoms with Gasteiger partial charge in [0, 0.05) is 0 Å². The SMILES string of the molecule is CCOc1ccc(N(CC(=O)NC(C)COc2ccc(C)cc2)S(=O)(=O)c2ccc(F)cc2)cc1. The molecule has 3 aromatic rings. The number of aryl methyl sites for hydroxylation is 1. The van der Waals surface area contributed by atoms with E-state index in [0.717, 1.165) is 22.0 Å². The van der Waals surface area contributed by atoms with Gasteiger partial charge in [-0.15, -0.1) is 0 Å². The molecule has 7 nitrogen and oxygen atoms in total. The first-order chi connectivity index (χ1) is 16.7. The maximum absolute atomic E-state index is 13.4. The molecule has 0 aliphatic heterocycles. The molecule has 0 saturated heterocycles. The van der Waals surface area contributed by atoms with Gasteiger partial charge in [-0.25, -0.2) is 12.8 Å². The molecule has 35 heavy (non-hydrogen) atoms. The van der Waals surface area contributed by atoms with Gasteiger partial charge < -0.3 is 14.8 Å². The third kappa shape index (κ3) is 7.19. The number of anilines is 1. The minimum absolute atomic E-state index is 0.128. The van der Waals surface area contributed by atoms with Crippen LogP contribution in [0.25, 0.3) is 0 Å². The molecule has 0 fully saturated rings. The number of hydrogen-bond acceptors (Lipinski definition) is 5. The van der Waals surface area contributed by atoms with Crippen molar-refractivity contribution >= 4 is 21.6 Å². The molecule has 1 unspecified atom stereocenters. The number of halogens is 1. The van der Waals surface area contributed by atoms with Crippen LogP contribution in [0.1, 0.15) is 19.4 Å². The van der Waals surface area contributed by atoms with E-state index >= 15 is 0 Å². The molecule has 0 bridgehead atoms. The van der Waals surface area contributed by atoms with Crippen LogP contribution in [0.5, 0.6) is 11.5 Å². The van der Waals surface area contributed by atoms with Crippen LogP contribution in [0, 0.1) is 12.7 Å². The standard InChI is InChI=1S/C26H29FN2O5S/c1-4-33-23-13-9-22(10-14-23)29(35(31,32)25-15-7-21(27)8-16-25)17-26(30)28-20(3)18-34-24-11-5-19(2)6-12-24/h5-16,20H,4,17-18H2,1-3H3,(H,28,30). The van der Waals surface area contributed by atoms with E-state index in [4.69, 9.17) is 9.47 Å². The molecule has 0 spiro atoms. The lowest BCUT2D eigenvalue weighted by atomic mass is 10.2. The van der Waals surface area contributed by atoms with E-state index in [1.54, 1.807) is 31.2 Å². The molecular formula is C26H29FN2O5S. The Morgan fingerprint density at radius 2 is 1.51 bits per heavy atom. The lowest BCUT2D eigenvalue weighted by molar-refractivity contribution is -0.120. The van der Waals surface area contributed by atoms with Crippen LogP contribution >= 0.6 is 0 Å². The summed E-state index contributed by atoms with van der Waals surface area (Å²) in [6.07, 6.45) is 0. The summed E-state index contributed by atoms with van der Waals surface area (Å²) >= 11 is 0. The zero-order chi connectivity index (χ0) is 25.4. The molecule has 0 aliphatic rings. The number of amides is 1. The average molecular weight is 501 g/mol.